The lowest BCUT2D eigenvalue weighted by molar-refractivity contribution is -0.0107. The van der Waals surface area contributed by atoms with E-state index in [4.69, 9.17) is 13.9 Å². The summed E-state index contributed by atoms with van der Waals surface area (Å²) < 4.78 is 16.2. The Balaban J connectivity index is 1.24. The normalized spacial score (nSPS) is 16.6. The van der Waals surface area contributed by atoms with Crippen molar-refractivity contribution in [2.24, 2.45) is 5.41 Å². The van der Waals surface area contributed by atoms with Gasteiger partial charge in [-0.25, -0.2) is 4.79 Å². The van der Waals surface area contributed by atoms with Crippen molar-refractivity contribution in [2.45, 2.75) is 13.3 Å². The Morgan fingerprint density at radius 1 is 1.03 bits per heavy atom. The van der Waals surface area contributed by atoms with E-state index < -0.39 is 5.63 Å². The molecule has 1 amide bonds. The smallest absolute Gasteiger partial charge is 0.349 e. The summed E-state index contributed by atoms with van der Waals surface area (Å²) in [5, 5.41) is 0.710. The summed E-state index contributed by atoms with van der Waals surface area (Å²) in [6, 6.07) is 15.0. The van der Waals surface area contributed by atoms with E-state index in [1.54, 1.807) is 24.1 Å². The molecular formula is C25H26N2O5. The van der Waals surface area contributed by atoms with Gasteiger partial charge in [-0.15, -0.1) is 0 Å². The molecule has 7 nitrogen and oxygen atoms in total. The average Bonchev–Trinajstić information content (AvgIpc) is 2.75. The number of fused-ring (bicyclic) bond motifs is 1. The number of nitrogens with zero attached hydrogens (tertiary/aromatic N) is 2. The minimum absolute atomic E-state index is 0.0842. The van der Waals surface area contributed by atoms with Crippen molar-refractivity contribution in [3.05, 3.63) is 64.5 Å². The van der Waals surface area contributed by atoms with E-state index in [9.17, 15) is 9.59 Å². The van der Waals surface area contributed by atoms with Gasteiger partial charge in [-0.1, -0.05) is 6.92 Å². The van der Waals surface area contributed by atoms with Crippen molar-refractivity contribution in [3.8, 4) is 11.5 Å². The molecule has 0 N–H and O–H groups in total. The van der Waals surface area contributed by atoms with Crippen LogP contribution in [0.5, 0.6) is 11.5 Å². The number of carbonyl (C=O) groups excluding carboxylic acids is 1. The van der Waals surface area contributed by atoms with Crippen LogP contribution in [0.25, 0.3) is 11.0 Å². The Hall–Kier alpha value is -3.48. The van der Waals surface area contributed by atoms with Crippen molar-refractivity contribution in [1.29, 1.82) is 0 Å². The Morgan fingerprint density at radius 2 is 1.75 bits per heavy atom. The molecule has 0 saturated carbocycles. The number of rotatable bonds is 6. The molecule has 7 heteroatoms. The highest BCUT2D eigenvalue weighted by Gasteiger charge is 2.53. The molecule has 0 bridgehead atoms. The molecule has 2 aliphatic rings. The third-order valence-electron chi connectivity index (χ3n) is 6.24. The van der Waals surface area contributed by atoms with Crippen LogP contribution in [-0.2, 0) is 0 Å². The van der Waals surface area contributed by atoms with Crippen LogP contribution >= 0.6 is 0 Å². The van der Waals surface area contributed by atoms with E-state index in [0.717, 1.165) is 30.9 Å². The number of likely N-dealkylation sites (tertiary alicyclic amines) is 1. The number of hydrogen-bond donors (Lipinski definition) is 0. The second-order valence-electron chi connectivity index (χ2n) is 8.71. The third-order valence-corrected chi connectivity index (χ3v) is 6.24. The molecule has 32 heavy (non-hydrogen) atoms. The molecule has 5 rings (SSSR count). The lowest BCUT2D eigenvalue weighted by Crippen LogP contribution is -2.73. The van der Waals surface area contributed by atoms with E-state index in [1.807, 2.05) is 43.3 Å². The van der Waals surface area contributed by atoms with E-state index in [0.29, 0.717) is 36.4 Å². The molecule has 2 aliphatic heterocycles. The zero-order valence-electron chi connectivity index (χ0n) is 18.3. The summed E-state index contributed by atoms with van der Waals surface area (Å²) in [7, 11) is 1.66. The first-order chi connectivity index (χ1) is 15.5. The summed E-state index contributed by atoms with van der Waals surface area (Å²) in [5.74, 6) is 1.22. The van der Waals surface area contributed by atoms with Gasteiger partial charge < -0.3 is 23.7 Å². The zero-order chi connectivity index (χ0) is 22.3. The van der Waals surface area contributed by atoms with Crippen LogP contribution in [-0.4, -0.2) is 50.7 Å². The van der Waals surface area contributed by atoms with Gasteiger partial charge in [0, 0.05) is 48.7 Å². The van der Waals surface area contributed by atoms with Gasteiger partial charge in [0.05, 0.1) is 13.7 Å². The fourth-order valence-corrected chi connectivity index (χ4v) is 4.57. The van der Waals surface area contributed by atoms with Gasteiger partial charge in [0.15, 0.2) is 0 Å². The molecule has 0 unspecified atom stereocenters. The van der Waals surface area contributed by atoms with Crippen molar-refractivity contribution in [1.82, 2.24) is 4.90 Å². The Morgan fingerprint density at radius 3 is 2.44 bits per heavy atom. The predicted octanol–water partition coefficient (Wildman–Crippen LogP) is 3.55. The lowest BCUT2D eigenvalue weighted by atomic mass is 9.72. The van der Waals surface area contributed by atoms with Crippen LogP contribution in [0.1, 0.15) is 23.7 Å². The number of ether oxygens (including phenoxy) is 2. The predicted molar refractivity (Wildman–Crippen MR) is 122 cm³/mol. The fourth-order valence-electron chi connectivity index (χ4n) is 4.57. The van der Waals surface area contributed by atoms with Gasteiger partial charge in [0.2, 0.25) is 0 Å². The van der Waals surface area contributed by atoms with Crippen LogP contribution in [0.4, 0.5) is 5.69 Å². The van der Waals surface area contributed by atoms with Crippen LogP contribution in [0.15, 0.2) is 57.7 Å². The third kappa shape index (κ3) is 3.57. The fraction of sp³-hybridized carbons (Fsp3) is 0.360. The van der Waals surface area contributed by atoms with E-state index in [1.165, 1.54) is 0 Å². The summed E-state index contributed by atoms with van der Waals surface area (Å²) in [5.41, 5.74) is 1.16. The molecule has 1 aromatic heterocycles. The highest BCUT2D eigenvalue weighted by molar-refractivity contribution is 5.97. The second kappa shape index (κ2) is 7.89. The minimum atomic E-state index is -0.607. The van der Waals surface area contributed by atoms with Crippen molar-refractivity contribution in [2.75, 3.05) is 44.8 Å². The molecule has 3 aromatic rings. The van der Waals surface area contributed by atoms with Crippen LogP contribution in [0.2, 0.25) is 0 Å². The number of methoxy groups -OCH3 is 1. The lowest BCUT2D eigenvalue weighted by Gasteiger charge is -2.60. The monoisotopic (exact) mass is 434 g/mol. The molecule has 1 spiro atoms. The van der Waals surface area contributed by atoms with Crippen molar-refractivity contribution >= 4 is 22.6 Å². The van der Waals surface area contributed by atoms with Gasteiger partial charge in [-0.05, 0) is 48.9 Å². The minimum Gasteiger partial charge on any atom is -0.497 e. The Kier molecular flexibility index (Phi) is 5.04. The van der Waals surface area contributed by atoms with E-state index >= 15 is 0 Å². The first kappa shape index (κ1) is 20.4. The van der Waals surface area contributed by atoms with Gasteiger partial charge in [0.25, 0.3) is 5.91 Å². The number of hydrogen-bond acceptors (Lipinski definition) is 6. The number of benzene rings is 2. The van der Waals surface area contributed by atoms with Crippen molar-refractivity contribution < 1.29 is 18.7 Å². The molecule has 3 heterocycles. The maximum atomic E-state index is 13.0. The maximum Gasteiger partial charge on any atom is 0.349 e. The van der Waals surface area contributed by atoms with E-state index in [-0.39, 0.29) is 16.9 Å². The molecule has 0 radical (unpaired) electrons. The standard InChI is InChI=1S/C25H26N2O5/c1-3-10-31-20-7-4-17-11-21(24(29)32-22(17)12-20)23(28)27-15-25(16-27)13-26(14-25)18-5-8-19(30-2)9-6-18/h4-9,11-12H,3,10,13-16H2,1-2H3. The molecule has 2 fully saturated rings. The van der Waals surface area contributed by atoms with Crippen molar-refractivity contribution in [3.63, 3.8) is 0 Å². The van der Waals surface area contributed by atoms with Gasteiger partial charge >= 0.3 is 5.63 Å². The van der Waals surface area contributed by atoms with Gasteiger partial charge in [-0.2, -0.15) is 0 Å². The quantitative estimate of drug-likeness (QED) is 0.553. The van der Waals surface area contributed by atoms with Crippen LogP contribution in [0.3, 0.4) is 0 Å². The number of anilines is 1. The zero-order valence-corrected chi connectivity index (χ0v) is 18.3. The summed E-state index contributed by atoms with van der Waals surface area (Å²) >= 11 is 0. The number of carbonyl (C=O) groups is 1. The van der Waals surface area contributed by atoms with Gasteiger partial charge in [-0.3, -0.25) is 4.79 Å². The van der Waals surface area contributed by atoms with E-state index in [2.05, 4.69) is 4.90 Å². The topological polar surface area (TPSA) is 72.2 Å². The van der Waals surface area contributed by atoms with Crippen LogP contribution in [0, 0.1) is 5.41 Å². The average molecular weight is 434 g/mol. The Labute approximate surface area is 186 Å². The van der Waals surface area contributed by atoms with Crippen LogP contribution < -0.4 is 20.0 Å². The second-order valence-corrected chi connectivity index (χ2v) is 8.71. The molecule has 166 valence electrons. The summed E-state index contributed by atoms with van der Waals surface area (Å²) in [4.78, 5) is 29.5. The van der Waals surface area contributed by atoms with Gasteiger partial charge in [0.1, 0.15) is 22.6 Å². The molecule has 2 aromatic carbocycles. The molecule has 2 saturated heterocycles. The largest absolute Gasteiger partial charge is 0.497 e. The molecule has 0 atom stereocenters. The highest BCUT2D eigenvalue weighted by atomic mass is 16.5. The summed E-state index contributed by atoms with van der Waals surface area (Å²) in [6.07, 6.45) is 0.893. The molecule has 0 aliphatic carbocycles. The Bertz CT molecular complexity index is 1200. The first-order valence-corrected chi connectivity index (χ1v) is 10.9. The maximum absolute atomic E-state index is 13.0. The first-order valence-electron chi connectivity index (χ1n) is 10.9. The highest BCUT2D eigenvalue weighted by Crippen LogP contribution is 2.42. The SMILES string of the molecule is CCCOc1ccc2cc(C(=O)N3CC4(C3)CN(c3ccc(OC)cc3)C4)c(=O)oc2c1. The molecular weight excluding hydrogens is 408 g/mol. The number of amides is 1. The summed E-state index contributed by atoms with van der Waals surface area (Å²) in [6.45, 7) is 5.73.